The predicted molar refractivity (Wildman–Crippen MR) is 48.2 cm³/mol. The number of hydrogen-bond donors (Lipinski definition) is 1. The van der Waals surface area contributed by atoms with E-state index >= 15 is 0 Å². The molecule has 0 spiro atoms. The van der Waals surface area contributed by atoms with Gasteiger partial charge in [0.05, 0.1) is 12.2 Å². The molecule has 1 saturated heterocycles. The Kier molecular flexibility index (Phi) is 3.98. The Bertz CT molecular complexity index is 128. The lowest BCUT2D eigenvalue weighted by Crippen LogP contribution is -2.35. The van der Waals surface area contributed by atoms with Gasteiger partial charge in [-0.05, 0) is 20.3 Å². The van der Waals surface area contributed by atoms with Crippen molar-refractivity contribution >= 4 is 0 Å². The minimum absolute atomic E-state index is 0.227. The summed E-state index contributed by atoms with van der Waals surface area (Å²) in [7, 11) is 0. The molecular formula is C9H19NO2. The first kappa shape index (κ1) is 9.96. The van der Waals surface area contributed by atoms with Crippen LogP contribution in [0.4, 0.5) is 0 Å². The lowest BCUT2D eigenvalue weighted by molar-refractivity contribution is 0.0588. The molecule has 3 nitrogen and oxygen atoms in total. The van der Waals surface area contributed by atoms with Gasteiger partial charge in [-0.2, -0.15) is 0 Å². The molecule has 72 valence electrons. The summed E-state index contributed by atoms with van der Waals surface area (Å²) in [6.07, 6.45) is 1.17. The van der Waals surface area contributed by atoms with Crippen molar-refractivity contribution in [2.24, 2.45) is 0 Å². The van der Waals surface area contributed by atoms with Crippen molar-refractivity contribution in [3.63, 3.8) is 0 Å². The molecule has 0 saturated carbocycles. The summed E-state index contributed by atoms with van der Waals surface area (Å²) >= 11 is 0. The van der Waals surface area contributed by atoms with E-state index < -0.39 is 0 Å². The summed E-state index contributed by atoms with van der Waals surface area (Å²) in [5, 5.41) is 9.20. The van der Waals surface area contributed by atoms with Gasteiger partial charge in [0.1, 0.15) is 0 Å². The second-order valence-electron chi connectivity index (χ2n) is 3.64. The first-order chi connectivity index (χ1) is 5.68. The molecule has 0 aromatic carbocycles. The third-order valence-corrected chi connectivity index (χ3v) is 2.06. The molecule has 1 aliphatic rings. The van der Waals surface area contributed by atoms with Crippen LogP contribution in [0.1, 0.15) is 20.3 Å². The smallest absolute Gasteiger partial charge is 0.0673 e. The molecule has 1 fully saturated rings. The third-order valence-electron chi connectivity index (χ3n) is 2.06. The maximum absolute atomic E-state index is 9.20. The van der Waals surface area contributed by atoms with Gasteiger partial charge in [-0.25, -0.2) is 0 Å². The Balaban J connectivity index is 2.31. The molecule has 1 rings (SSSR count). The van der Waals surface area contributed by atoms with Crippen molar-refractivity contribution in [2.75, 3.05) is 26.2 Å². The van der Waals surface area contributed by atoms with Gasteiger partial charge in [-0.15, -0.1) is 0 Å². The van der Waals surface area contributed by atoms with Crippen LogP contribution in [-0.4, -0.2) is 48.5 Å². The Morgan fingerprint density at radius 1 is 1.67 bits per heavy atom. The summed E-state index contributed by atoms with van der Waals surface area (Å²) < 4.78 is 5.49. The number of aliphatic hydroxyl groups excluding tert-OH is 1. The van der Waals surface area contributed by atoms with Crippen molar-refractivity contribution in [3.8, 4) is 0 Å². The average molecular weight is 173 g/mol. The zero-order valence-electron chi connectivity index (χ0n) is 7.99. The quantitative estimate of drug-likeness (QED) is 0.659. The summed E-state index contributed by atoms with van der Waals surface area (Å²) in [5.41, 5.74) is 0. The van der Waals surface area contributed by atoms with Gasteiger partial charge in [-0.3, -0.25) is 4.90 Å². The molecule has 1 N–H and O–H groups in total. The minimum Gasteiger partial charge on any atom is -0.392 e. The number of rotatable bonds is 2. The maximum Gasteiger partial charge on any atom is 0.0673 e. The van der Waals surface area contributed by atoms with Crippen LogP contribution >= 0.6 is 0 Å². The van der Waals surface area contributed by atoms with E-state index in [-0.39, 0.29) is 6.10 Å². The summed E-state index contributed by atoms with van der Waals surface area (Å²) in [6.45, 7) is 7.54. The fourth-order valence-corrected chi connectivity index (χ4v) is 1.62. The second-order valence-corrected chi connectivity index (χ2v) is 3.64. The van der Waals surface area contributed by atoms with Crippen LogP contribution in [0.25, 0.3) is 0 Å². The normalized spacial score (nSPS) is 29.8. The first-order valence-corrected chi connectivity index (χ1v) is 4.70. The Morgan fingerprint density at radius 3 is 3.08 bits per heavy atom. The molecule has 0 radical (unpaired) electrons. The average Bonchev–Trinajstić information content (AvgIpc) is 2.12. The standard InChI is InChI=1S/C9H19NO2/c1-8(11)6-10-4-3-5-12-9(2)7-10/h8-9,11H,3-7H2,1-2H3. The predicted octanol–water partition coefficient (Wildman–Crippen LogP) is 0.478. The van der Waals surface area contributed by atoms with E-state index in [0.717, 1.165) is 32.7 Å². The third kappa shape index (κ3) is 3.52. The molecule has 1 aliphatic heterocycles. The van der Waals surface area contributed by atoms with Gasteiger partial charge < -0.3 is 9.84 Å². The Labute approximate surface area is 74.3 Å². The van der Waals surface area contributed by atoms with Crippen LogP contribution in [0, 0.1) is 0 Å². The maximum atomic E-state index is 9.20. The Morgan fingerprint density at radius 2 is 2.42 bits per heavy atom. The van der Waals surface area contributed by atoms with E-state index in [1.54, 1.807) is 0 Å². The molecular weight excluding hydrogens is 154 g/mol. The number of hydrogen-bond acceptors (Lipinski definition) is 3. The van der Waals surface area contributed by atoms with Crippen molar-refractivity contribution in [1.82, 2.24) is 4.90 Å². The monoisotopic (exact) mass is 173 g/mol. The van der Waals surface area contributed by atoms with Gasteiger partial charge in [-0.1, -0.05) is 0 Å². The zero-order valence-corrected chi connectivity index (χ0v) is 7.99. The van der Waals surface area contributed by atoms with Crippen molar-refractivity contribution in [2.45, 2.75) is 32.5 Å². The van der Waals surface area contributed by atoms with E-state index in [1.165, 1.54) is 0 Å². The molecule has 0 aromatic rings. The van der Waals surface area contributed by atoms with E-state index in [1.807, 2.05) is 6.92 Å². The van der Waals surface area contributed by atoms with Crippen LogP contribution in [-0.2, 0) is 4.74 Å². The van der Waals surface area contributed by atoms with Crippen LogP contribution in [0.3, 0.4) is 0 Å². The zero-order chi connectivity index (χ0) is 8.97. The molecule has 2 atom stereocenters. The highest BCUT2D eigenvalue weighted by molar-refractivity contribution is 4.68. The van der Waals surface area contributed by atoms with E-state index in [4.69, 9.17) is 4.74 Å². The summed E-state index contributed by atoms with van der Waals surface area (Å²) in [6, 6.07) is 0. The number of ether oxygens (including phenoxy) is 1. The molecule has 0 amide bonds. The second kappa shape index (κ2) is 4.80. The molecule has 3 heteroatoms. The molecule has 0 aromatic heterocycles. The van der Waals surface area contributed by atoms with Crippen molar-refractivity contribution in [3.05, 3.63) is 0 Å². The van der Waals surface area contributed by atoms with Gasteiger partial charge >= 0.3 is 0 Å². The topological polar surface area (TPSA) is 32.7 Å². The van der Waals surface area contributed by atoms with E-state index in [9.17, 15) is 5.11 Å². The highest BCUT2D eigenvalue weighted by Crippen LogP contribution is 2.05. The highest BCUT2D eigenvalue weighted by atomic mass is 16.5. The Hall–Kier alpha value is -0.120. The van der Waals surface area contributed by atoms with Crippen molar-refractivity contribution < 1.29 is 9.84 Å². The molecule has 12 heavy (non-hydrogen) atoms. The van der Waals surface area contributed by atoms with Gasteiger partial charge in [0.25, 0.3) is 0 Å². The molecule has 2 unspecified atom stereocenters. The largest absolute Gasteiger partial charge is 0.392 e. The van der Waals surface area contributed by atoms with Crippen molar-refractivity contribution in [1.29, 1.82) is 0 Å². The molecule has 0 bridgehead atoms. The summed E-state index contributed by atoms with van der Waals surface area (Å²) in [5.74, 6) is 0. The van der Waals surface area contributed by atoms with Crippen LogP contribution in [0.2, 0.25) is 0 Å². The fraction of sp³-hybridized carbons (Fsp3) is 1.00. The summed E-state index contributed by atoms with van der Waals surface area (Å²) in [4.78, 5) is 2.27. The molecule has 0 aliphatic carbocycles. The van der Waals surface area contributed by atoms with E-state index in [2.05, 4.69) is 11.8 Å². The number of aliphatic hydroxyl groups is 1. The fourth-order valence-electron chi connectivity index (χ4n) is 1.62. The van der Waals surface area contributed by atoms with E-state index in [0.29, 0.717) is 6.10 Å². The van der Waals surface area contributed by atoms with Crippen LogP contribution in [0.5, 0.6) is 0 Å². The van der Waals surface area contributed by atoms with Gasteiger partial charge in [0, 0.05) is 26.2 Å². The number of β-amino-alcohol motifs (C(OH)–C–C–N with tert-alkyl or cyclic N) is 1. The van der Waals surface area contributed by atoms with Gasteiger partial charge in [0.15, 0.2) is 0 Å². The highest BCUT2D eigenvalue weighted by Gasteiger charge is 2.15. The minimum atomic E-state index is -0.227. The number of nitrogens with zero attached hydrogens (tertiary/aromatic N) is 1. The SMILES string of the molecule is CC(O)CN1CCCOC(C)C1. The molecule has 1 heterocycles. The lowest BCUT2D eigenvalue weighted by Gasteiger charge is -2.22. The van der Waals surface area contributed by atoms with Gasteiger partial charge in [0.2, 0.25) is 0 Å². The first-order valence-electron chi connectivity index (χ1n) is 4.70. The van der Waals surface area contributed by atoms with Crippen LogP contribution in [0.15, 0.2) is 0 Å². The lowest BCUT2D eigenvalue weighted by atomic mass is 10.3. The van der Waals surface area contributed by atoms with Crippen LogP contribution < -0.4 is 0 Å².